The van der Waals surface area contributed by atoms with Gasteiger partial charge >= 0.3 is 0 Å². The molecule has 0 aromatic carbocycles. The molecule has 68 valence electrons. The minimum absolute atomic E-state index is 0.0343. The highest BCUT2D eigenvalue weighted by atomic mass is 35.5. The Kier molecular flexibility index (Phi) is 3.69. The summed E-state index contributed by atoms with van der Waals surface area (Å²) < 4.78 is 12.9. The smallest absolute Gasteiger partial charge is 0.157 e. The molecule has 13 heavy (non-hydrogen) atoms. The number of aromatic nitrogens is 1. The fraction of sp³-hybridized carbons (Fsp3) is 0.222. The summed E-state index contributed by atoms with van der Waals surface area (Å²) in [6.07, 6.45) is 1.34. The van der Waals surface area contributed by atoms with Gasteiger partial charge in [0.1, 0.15) is 5.15 Å². The van der Waals surface area contributed by atoms with Gasteiger partial charge in [0.25, 0.3) is 0 Å². The van der Waals surface area contributed by atoms with Crippen LogP contribution in [-0.2, 0) is 0 Å². The normalized spacial score (nSPS) is 9.15. The van der Waals surface area contributed by atoms with Crippen LogP contribution in [0.25, 0.3) is 0 Å². The summed E-state index contributed by atoms with van der Waals surface area (Å²) in [5, 5.41) is 8.64. The van der Waals surface area contributed by atoms with Gasteiger partial charge in [-0.2, -0.15) is 0 Å². The van der Waals surface area contributed by atoms with Crippen molar-refractivity contribution in [2.45, 2.75) is 6.42 Å². The van der Waals surface area contributed by atoms with Crippen molar-refractivity contribution in [1.29, 1.82) is 0 Å². The standard InChI is InChI=1S/C9H7ClFNO/c10-9-5-7(3-1-2-4-13)8(11)6-12-9/h5-6,13H,2,4H2. The zero-order chi connectivity index (χ0) is 9.68. The predicted octanol–water partition coefficient (Wildman–Crippen LogP) is 1.61. The van der Waals surface area contributed by atoms with Crippen LogP contribution in [-0.4, -0.2) is 16.7 Å². The number of pyridine rings is 1. The molecule has 0 radical (unpaired) electrons. The average Bonchev–Trinajstić information content (AvgIpc) is 2.11. The molecule has 1 aromatic heterocycles. The molecule has 1 heterocycles. The molecule has 0 amide bonds. The van der Waals surface area contributed by atoms with Crippen molar-refractivity contribution in [3.05, 3.63) is 28.8 Å². The summed E-state index contributed by atoms with van der Waals surface area (Å²) in [6.45, 7) is -0.0343. The summed E-state index contributed by atoms with van der Waals surface area (Å²) in [4.78, 5) is 3.54. The van der Waals surface area contributed by atoms with E-state index in [1.165, 1.54) is 6.07 Å². The summed E-state index contributed by atoms with van der Waals surface area (Å²) in [7, 11) is 0. The lowest BCUT2D eigenvalue weighted by Gasteiger charge is -1.93. The fourth-order valence-electron chi connectivity index (χ4n) is 0.723. The molecule has 4 heteroatoms. The highest BCUT2D eigenvalue weighted by Crippen LogP contribution is 2.10. The first-order valence-electron chi connectivity index (χ1n) is 3.65. The van der Waals surface area contributed by atoms with Crippen LogP contribution >= 0.6 is 11.6 Å². The lowest BCUT2D eigenvalue weighted by atomic mass is 10.2. The van der Waals surface area contributed by atoms with Gasteiger partial charge in [0.2, 0.25) is 0 Å². The van der Waals surface area contributed by atoms with Crippen LogP contribution in [0.1, 0.15) is 12.0 Å². The predicted molar refractivity (Wildman–Crippen MR) is 47.8 cm³/mol. The average molecular weight is 200 g/mol. The molecule has 0 saturated carbocycles. The fourth-order valence-corrected chi connectivity index (χ4v) is 0.881. The van der Waals surface area contributed by atoms with Crippen LogP contribution in [0.15, 0.2) is 12.3 Å². The minimum atomic E-state index is -0.505. The van der Waals surface area contributed by atoms with Gasteiger partial charge in [-0.1, -0.05) is 23.4 Å². The van der Waals surface area contributed by atoms with Crippen LogP contribution in [0.4, 0.5) is 4.39 Å². The molecule has 0 aliphatic heterocycles. The second-order valence-electron chi connectivity index (χ2n) is 2.26. The second-order valence-corrected chi connectivity index (χ2v) is 2.65. The molecule has 2 nitrogen and oxygen atoms in total. The van der Waals surface area contributed by atoms with E-state index < -0.39 is 5.82 Å². The molecular weight excluding hydrogens is 193 g/mol. The largest absolute Gasteiger partial charge is 0.395 e. The highest BCUT2D eigenvalue weighted by molar-refractivity contribution is 6.29. The number of rotatable bonds is 1. The Morgan fingerprint density at radius 3 is 3.08 bits per heavy atom. The Labute approximate surface area is 80.4 Å². The van der Waals surface area contributed by atoms with Gasteiger partial charge in [-0.15, -0.1) is 0 Å². The summed E-state index contributed by atoms with van der Waals surface area (Å²) in [5.41, 5.74) is 0.202. The number of hydrogen-bond acceptors (Lipinski definition) is 2. The van der Waals surface area contributed by atoms with E-state index in [4.69, 9.17) is 16.7 Å². The first-order chi connectivity index (χ1) is 6.24. The molecular formula is C9H7ClFNO. The van der Waals surface area contributed by atoms with E-state index in [9.17, 15) is 4.39 Å². The Morgan fingerprint density at radius 1 is 1.62 bits per heavy atom. The highest BCUT2D eigenvalue weighted by Gasteiger charge is 1.99. The molecule has 1 N–H and O–H groups in total. The van der Waals surface area contributed by atoms with E-state index in [-0.39, 0.29) is 17.3 Å². The summed E-state index contributed by atoms with van der Waals surface area (Å²) in [5.74, 6) is 4.63. The van der Waals surface area contributed by atoms with Crippen molar-refractivity contribution in [2.75, 3.05) is 6.61 Å². The minimum Gasteiger partial charge on any atom is -0.395 e. The van der Waals surface area contributed by atoms with Crippen molar-refractivity contribution in [1.82, 2.24) is 4.98 Å². The van der Waals surface area contributed by atoms with E-state index >= 15 is 0 Å². The monoisotopic (exact) mass is 199 g/mol. The Balaban J connectivity index is 2.89. The van der Waals surface area contributed by atoms with Crippen molar-refractivity contribution < 1.29 is 9.50 Å². The Morgan fingerprint density at radius 2 is 2.38 bits per heavy atom. The molecule has 0 saturated heterocycles. The van der Waals surface area contributed by atoms with Gasteiger partial charge in [0.15, 0.2) is 5.82 Å². The maximum Gasteiger partial charge on any atom is 0.157 e. The topological polar surface area (TPSA) is 33.1 Å². The first-order valence-corrected chi connectivity index (χ1v) is 4.02. The van der Waals surface area contributed by atoms with Crippen LogP contribution in [0, 0.1) is 17.7 Å². The molecule has 1 rings (SSSR count). The zero-order valence-electron chi connectivity index (χ0n) is 6.72. The maximum absolute atomic E-state index is 12.9. The molecule has 0 fully saturated rings. The second kappa shape index (κ2) is 4.80. The van der Waals surface area contributed by atoms with E-state index in [2.05, 4.69) is 16.8 Å². The Hall–Kier alpha value is -1.11. The van der Waals surface area contributed by atoms with Gasteiger partial charge in [-0.25, -0.2) is 9.37 Å². The van der Waals surface area contributed by atoms with Crippen molar-refractivity contribution in [3.8, 4) is 11.8 Å². The van der Waals surface area contributed by atoms with Crippen LogP contribution in [0.2, 0.25) is 5.15 Å². The third-order valence-electron chi connectivity index (χ3n) is 1.28. The van der Waals surface area contributed by atoms with Crippen molar-refractivity contribution in [3.63, 3.8) is 0 Å². The summed E-state index contributed by atoms with van der Waals surface area (Å²) in [6, 6.07) is 1.35. The number of hydrogen-bond donors (Lipinski definition) is 1. The molecule has 0 bridgehead atoms. The van der Waals surface area contributed by atoms with Gasteiger partial charge in [0.05, 0.1) is 18.4 Å². The first kappa shape index (κ1) is 9.97. The van der Waals surface area contributed by atoms with Crippen molar-refractivity contribution >= 4 is 11.6 Å². The third-order valence-corrected chi connectivity index (χ3v) is 1.49. The lowest BCUT2D eigenvalue weighted by Crippen LogP contribution is -1.86. The van der Waals surface area contributed by atoms with Crippen molar-refractivity contribution in [2.24, 2.45) is 0 Å². The maximum atomic E-state index is 12.9. The molecule has 0 spiro atoms. The third kappa shape index (κ3) is 3.02. The SMILES string of the molecule is OCCC#Cc1cc(Cl)ncc1F. The molecule has 1 aromatic rings. The van der Waals surface area contributed by atoms with Gasteiger partial charge in [-0.05, 0) is 6.07 Å². The van der Waals surface area contributed by atoms with Gasteiger partial charge in [-0.3, -0.25) is 0 Å². The Bertz CT molecular complexity index is 356. The van der Waals surface area contributed by atoms with Crippen LogP contribution in [0.3, 0.4) is 0 Å². The number of nitrogens with zero attached hydrogens (tertiary/aromatic N) is 1. The molecule has 0 unspecified atom stereocenters. The van der Waals surface area contributed by atoms with E-state index in [0.29, 0.717) is 6.42 Å². The molecule has 0 atom stereocenters. The van der Waals surface area contributed by atoms with Crippen LogP contribution in [0.5, 0.6) is 0 Å². The molecule has 0 aliphatic rings. The number of halogens is 2. The zero-order valence-corrected chi connectivity index (χ0v) is 7.48. The van der Waals surface area contributed by atoms with E-state index in [1.54, 1.807) is 0 Å². The van der Waals surface area contributed by atoms with E-state index in [1.807, 2.05) is 0 Å². The van der Waals surface area contributed by atoms with E-state index in [0.717, 1.165) is 6.20 Å². The summed E-state index contributed by atoms with van der Waals surface area (Å²) >= 11 is 5.53. The number of aliphatic hydroxyl groups is 1. The number of aliphatic hydroxyl groups excluding tert-OH is 1. The lowest BCUT2D eigenvalue weighted by molar-refractivity contribution is 0.305. The van der Waals surface area contributed by atoms with Gasteiger partial charge < -0.3 is 5.11 Å². The molecule has 0 aliphatic carbocycles. The van der Waals surface area contributed by atoms with Gasteiger partial charge in [0, 0.05) is 6.42 Å². The van der Waals surface area contributed by atoms with Crippen LogP contribution < -0.4 is 0 Å². The quantitative estimate of drug-likeness (QED) is 0.551.